The van der Waals surface area contributed by atoms with Crippen LogP contribution in [0.15, 0.2) is 47.4 Å². The fourth-order valence-corrected chi connectivity index (χ4v) is 6.26. The third-order valence-corrected chi connectivity index (χ3v) is 8.50. The Labute approximate surface area is 209 Å². The molecule has 1 heterocycles. The highest BCUT2D eigenvalue weighted by Crippen LogP contribution is 2.29. The Morgan fingerprint density at radius 1 is 1.15 bits per heavy atom. The molecule has 0 aliphatic carbocycles. The molecule has 1 saturated heterocycles. The van der Waals surface area contributed by atoms with Crippen molar-refractivity contribution in [1.82, 2.24) is 10.2 Å². The second kappa shape index (κ2) is 12.0. The molecule has 8 heteroatoms. The van der Waals surface area contributed by atoms with Crippen LogP contribution in [0.2, 0.25) is 5.02 Å². The van der Waals surface area contributed by atoms with Crippen molar-refractivity contribution in [3.63, 3.8) is 0 Å². The van der Waals surface area contributed by atoms with Crippen LogP contribution in [0, 0.1) is 13.8 Å². The number of anilines is 1. The molecule has 186 valence electrons. The number of hydrogen-bond donors (Lipinski definition) is 1. The molecule has 1 unspecified atom stereocenters. The average Bonchev–Trinajstić information content (AvgIpc) is 2.81. The molecule has 2 aromatic carbocycles. The van der Waals surface area contributed by atoms with Crippen LogP contribution in [0.3, 0.4) is 0 Å². The molecular formula is C26H36ClN3O3S. The Balaban J connectivity index is 1.70. The van der Waals surface area contributed by atoms with Crippen LogP contribution in [0.5, 0.6) is 0 Å². The van der Waals surface area contributed by atoms with Gasteiger partial charge in [-0.3, -0.25) is 9.10 Å². The van der Waals surface area contributed by atoms with Gasteiger partial charge in [0, 0.05) is 24.2 Å². The van der Waals surface area contributed by atoms with Crippen molar-refractivity contribution in [3.8, 4) is 0 Å². The van der Waals surface area contributed by atoms with Crippen LogP contribution < -0.4 is 9.62 Å². The van der Waals surface area contributed by atoms with E-state index in [2.05, 4.69) is 17.1 Å². The maximum Gasteiger partial charge on any atom is 0.264 e. The molecule has 0 aromatic heterocycles. The van der Waals surface area contributed by atoms with E-state index in [1.54, 1.807) is 49.4 Å². The van der Waals surface area contributed by atoms with Gasteiger partial charge < -0.3 is 10.2 Å². The smallest absolute Gasteiger partial charge is 0.264 e. The number of amides is 1. The van der Waals surface area contributed by atoms with Gasteiger partial charge >= 0.3 is 0 Å². The first-order chi connectivity index (χ1) is 16.2. The van der Waals surface area contributed by atoms with E-state index in [9.17, 15) is 13.2 Å². The minimum absolute atomic E-state index is 0.149. The third kappa shape index (κ3) is 6.74. The van der Waals surface area contributed by atoms with E-state index in [0.29, 0.717) is 28.9 Å². The molecule has 3 rings (SSSR count). The molecule has 0 radical (unpaired) electrons. The van der Waals surface area contributed by atoms with Crippen LogP contribution in [0.1, 0.15) is 50.2 Å². The molecule has 1 aliphatic rings. The quantitative estimate of drug-likeness (QED) is 0.465. The first-order valence-corrected chi connectivity index (χ1v) is 13.9. The number of carbonyl (C=O) groups is 1. The number of piperidine rings is 1. The van der Waals surface area contributed by atoms with E-state index < -0.39 is 10.0 Å². The van der Waals surface area contributed by atoms with Gasteiger partial charge in [-0.25, -0.2) is 8.42 Å². The number of rotatable bonds is 10. The summed E-state index contributed by atoms with van der Waals surface area (Å²) in [4.78, 5) is 15.5. The molecule has 2 aromatic rings. The van der Waals surface area contributed by atoms with Gasteiger partial charge in [-0.2, -0.15) is 0 Å². The number of benzene rings is 2. The summed E-state index contributed by atoms with van der Waals surface area (Å²) >= 11 is 6.09. The van der Waals surface area contributed by atoms with Gasteiger partial charge in [-0.15, -0.1) is 0 Å². The number of carbonyl (C=O) groups excluding carboxylic acids is 1. The van der Waals surface area contributed by atoms with Gasteiger partial charge in [-0.05, 0) is 82.0 Å². The molecular weight excluding hydrogens is 470 g/mol. The highest BCUT2D eigenvalue weighted by molar-refractivity contribution is 7.92. The summed E-state index contributed by atoms with van der Waals surface area (Å²) in [6, 6.07) is 12.3. The lowest BCUT2D eigenvalue weighted by Gasteiger charge is -2.35. The fraction of sp³-hybridized carbons (Fsp3) is 0.500. The maximum absolute atomic E-state index is 13.5. The molecule has 1 aliphatic heterocycles. The van der Waals surface area contributed by atoms with Gasteiger partial charge in [0.1, 0.15) is 6.54 Å². The van der Waals surface area contributed by atoms with Gasteiger partial charge in [0.2, 0.25) is 5.91 Å². The van der Waals surface area contributed by atoms with Crippen LogP contribution >= 0.6 is 11.6 Å². The summed E-state index contributed by atoms with van der Waals surface area (Å²) < 4.78 is 28.2. The van der Waals surface area contributed by atoms with E-state index >= 15 is 0 Å². The molecule has 34 heavy (non-hydrogen) atoms. The number of aryl methyl sites for hydroxylation is 2. The highest BCUT2D eigenvalue weighted by Gasteiger charge is 2.28. The second-order valence-corrected chi connectivity index (χ2v) is 11.4. The van der Waals surface area contributed by atoms with Crippen LogP contribution in [-0.4, -0.2) is 51.4 Å². The topological polar surface area (TPSA) is 69.7 Å². The zero-order valence-electron chi connectivity index (χ0n) is 20.4. The summed E-state index contributed by atoms with van der Waals surface area (Å²) in [5.41, 5.74) is 2.09. The Hall–Kier alpha value is -2.09. The van der Waals surface area contributed by atoms with E-state index in [1.165, 1.54) is 23.6 Å². The predicted octanol–water partition coefficient (Wildman–Crippen LogP) is 4.92. The summed E-state index contributed by atoms with van der Waals surface area (Å²) in [6.07, 6.45) is 5.76. The standard InChI is InChI=1S/C26H36ClN3O3S/c1-4-23-8-5-6-16-29(23)17-7-15-28-26(31)19-30(25-14-11-22(27)18-21(25)3)34(32,33)24-12-9-20(2)10-13-24/h9-14,18,23H,4-8,15-17,19H2,1-3H3,(H,28,31). The van der Waals surface area contributed by atoms with Crippen molar-refractivity contribution < 1.29 is 13.2 Å². The molecule has 0 spiro atoms. The fourth-order valence-electron chi connectivity index (χ4n) is 4.55. The number of sulfonamides is 1. The Kier molecular flexibility index (Phi) is 9.39. The van der Waals surface area contributed by atoms with Gasteiger partial charge in [0.05, 0.1) is 10.6 Å². The predicted molar refractivity (Wildman–Crippen MR) is 139 cm³/mol. The average molecular weight is 506 g/mol. The highest BCUT2D eigenvalue weighted by atomic mass is 35.5. The summed E-state index contributed by atoms with van der Waals surface area (Å²) in [5, 5.41) is 3.44. The summed E-state index contributed by atoms with van der Waals surface area (Å²) in [5.74, 6) is -0.323. The van der Waals surface area contributed by atoms with Crippen molar-refractivity contribution in [1.29, 1.82) is 0 Å². The minimum atomic E-state index is -3.94. The van der Waals surface area contributed by atoms with Crippen molar-refractivity contribution in [2.24, 2.45) is 0 Å². The number of halogens is 1. The molecule has 0 saturated carbocycles. The third-order valence-electron chi connectivity index (χ3n) is 6.49. The molecule has 1 N–H and O–H groups in total. The van der Waals surface area contributed by atoms with E-state index in [0.717, 1.165) is 31.5 Å². The summed E-state index contributed by atoms with van der Waals surface area (Å²) in [6.45, 7) is 8.21. The van der Waals surface area contributed by atoms with E-state index in [-0.39, 0.29) is 17.3 Å². The second-order valence-electron chi connectivity index (χ2n) is 9.05. The Morgan fingerprint density at radius 3 is 2.56 bits per heavy atom. The zero-order valence-corrected chi connectivity index (χ0v) is 22.0. The Bertz CT molecular complexity index is 1070. The molecule has 1 fully saturated rings. The van der Waals surface area contributed by atoms with Gasteiger partial charge in [0.25, 0.3) is 10.0 Å². The maximum atomic E-state index is 13.5. The van der Waals surface area contributed by atoms with Gasteiger partial charge in [-0.1, -0.05) is 42.6 Å². The lowest BCUT2D eigenvalue weighted by molar-refractivity contribution is -0.119. The minimum Gasteiger partial charge on any atom is -0.354 e. The van der Waals surface area contributed by atoms with E-state index in [1.807, 2.05) is 6.92 Å². The SMILES string of the molecule is CCC1CCCCN1CCCNC(=O)CN(c1ccc(Cl)cc1C)S(=O)(=O)c1ccc(C)cc1. The van der Waals surface area contributed by atoms with Crippen molar-refractivity contribution in [2.45, 2.75) is 63.8 Å². The van der Waals surface area contributed by atoms with Crippen LogP contribution in [-0.2, 0) is 14.8 Å². The van der Waals surface area contributed by atoms with Gasteiger partial charge in [0.15, 0.2) is 0 Å². The summed E-state index contributed by atoms with van der Waals surface area (Å²) in [7, 11) is -3.94. The lowest BCUT2D eigenvalue weighted by Crippen LogP contribution is -2.43. The molecule has 0 bridgehead atoms. The monoisotopic (exact) mass is 505 g/mol. The van der Waals surface area contributed by atoms with Crippen molar-refractivity contribution >= 4 is 33.2 Å². The normalized spacial score (nSPS) is 16.9. The Morgan fingerprint density at radius 2 is 1.88 bits per heavy atom. The first-order valence-electron chi connectivity index (χ1n) is 12.1. The lowest BCUT2D eigenvalue weighted by atomic mass is 10.00. The molecule has 6 nitrogen and oxygen atoms in total. The van der Waals surface area contributed by atoms with Crippen LogP contribution in [0.25, 0.3) is 0 Å². The largest absolute Gasteiger partial charge is 0.354 e. The number of nitrogens with zero attached hydrogens (tertiary/aromatic N) is 2. The molecule has 1 amide bonds. The first kappa shape index (κ1) is 26.5. The van der Waals surface area contributed by atoms with Crippen molar-refractivity contribution in [2.75, 3.05) is 30.5 Å². The van der Waals surface area contributed by atoms with Crippen molar-refractivity contribution in [3.05, 3.63) is 58.6 Å². The zero-order chi connectivity index (χ0) is 24.7. The van der Waals surface area contributed by atoms with Crippen LogP contribution in [0.4, 0.5) is 5.69 Å². The molecule has 1 atom stereocenters. The van der Waals surface area contributed by atoms with E-state index in [4.69, 9.17) is 11.6 Å². The number of nitrogens with one attached hydrogen (secondary N) is 1. The number of likely N-dealkylation sites (tertiary alicyclic amines) is 1. The number of hydrogen-bond acceptors (Lipinski definition) is 4.